The second-order valence-electron chi connectivity index (χ2n) is 15.5. The Bertz CT molecular complexity index is 1300. The third kappa shape index (κ3) is 10.2. The molecule has 0 radical (unpaired) electrons. The maximum atomic E-state index is 14.0. The van der Waals surface area contributed by atoms with Crippen molar-refractivity contribution in [2.75, 3.05) is 13.1 Å². The van der Waals surface area contributed by atoms with Gasteiger partial charge in [-0.1, -0.05) is 19.8 Å². The van der Waals surface area contributed by atoms with Gasteiger partial charge >= 0.3 is 18.0 Å². The van der Waals surface area contributed by atoms with Crippen molar-refractivity contribution in [3.8, 4) is 0 Å². The van der Waals surface area contributed by atoms with Gasteiger partial charge in [-0.2, -0.15) is 0 Å². The predicted octanol–water partition coefficient (Wildman–Crippen LogP) is 1.76. The fraction of sp³-hybridized carbons (Fsp3) is 0.800. The first-order valence-electron chi connectivity index (χ1n) is 18.3. The third-order valence-corrected chi connectivity index (χ3v) is 11.4. The van der Waals surface area contributed by atoms with Crippen LogP contribution in [-0.2, 0) is 28.8 Å². The molecule has 280 valence electrons. The molecule has 50 heavy (non-hydrogen) atoms. The molecule has 4 fully saturated rings. The summed E-state index contributed by atoms with van der Waals surface area (Å²) >= 11 is 0. The maximum Gasteiger partial charge on any atom is 0.315 e. The van der Waals surface area contributed by atoms with Gasteiger partial charge in [0.2, 0.25) is 17.7 Å². The van der Waals surface area contributed by atoms with Crippen molar-refractivity contribution < 1.29 is 43.8 Å². The van der Waals surface area contributed by atoms with Crippen molar-refractivity contribution in [3.63, 3.8) is 0 Å². The number of Topliss-reactive ketones (excluding diaryl/α,β-unsaturated/α-hetero) is 1. The highest BCUT2D eigenvalue weighted by Gasteiger charge is 2.48. The van der Waals surface area contributed by atoms with Crippen molar-refractivity contribution in [2.45, 2.75) is 146 Å². The van der Waals surface area contributed by atoms with Crippen LogP contribution >= 0.6 is 0 Å². The summed E-state index contributed by atoms with van der Waals surface area (Å²) in [5.74, 6) is -4.85. The van der Waals surface area contributed by atoms with Crippen LogP contribution in [-0.4, -0.2) is 110 Å². The van der Waals surface area contributed by atoms with Crippen molar-refractivity contribution in [3.05, 3.63) is 0 Å². The van der Waals surface area contributed by atoms with E-state index in [9.17, 15) is 43.8 Å². The zero-order valence-electron chi connectivity index (χ0n) is 29.7. The number of hydrogen-bond acceptors (Lipinski definition) is 8. The van der Waals surface area contributed by atoms with E-state index in [1.54, 1.807) is 0 Å². The van der Waals surface area contributed by atoms with Gasteiger partial charge in [0.05, 0.1) is 24.3 Å². The maximum absolute atomic E-state index is 14.0. The number of fused-ring (bicyclic) bond motifs is 1. The van der Waals surface area contributed by atoms with Crippen LogP contribution in [0.5, 0.6) is 0 Å². The molecule has 0 bridgehead atoms. The molecule has 5 unspecified atom stereocenters. The summed E-state index contributed by atoms with van der Waals surface area (Å²) in [4.78, 5) is 91.1. The lowest BCUT2D eigenvalue weighted by molar-refractivity contribution is -0.149. The van der Waals surface area contributed by atoms with Crippen LogP contribution < -0.4 is 21.7 Å². The number of primary amides is 1. The number of nitrogens with two attached hydrogens (primary N) is 1. The molecule has 3 saturated carbocycles. The van der Waals surface area contributed by atoms with Crippen molar-refractivity contribution in [2.24, 2.45) is 23.5 Å². The average molecular weight is 705 g/mol. The number of carboxylic acid groups (broad SMARTS) is 2. The molecule has 4 aliphatic rings. The lowest BCUT2D eigenvalue weighted by Gasteiger charge is -2.42. The minimum Gasteiger partial charge on any atom is -0.481 e. The summed E-state index contributed by atoms with van der Waals surface area (Å²) in [5.41, 5.74) is 4.56. The topological polar surface area (TPSA) is 229 Å². The minimum atomic E-state index is -1.55. The molecule has 7 N–H and O–H groups in total. The number of aliphatic carboxylic acids is 2. The first-order chi connectivity index (χ1) is 23.5. The van der Waals surface area contributed by atoms with E-state index in [4.69, 9.17) is 5.73 Å². The minimum absolute atomic E-state index is 0.0300. The Hall–Kier alpha value is -3.75. The molecule has 0 aromatic carbocycles. The number of nitrogens with zero attached hydrogens (tertiary/aromatic N) is 2. The van der Waals surface area contributed by atoms with Crippen molar-refractivity contribution in [1.29, 1.82) is 0 Å². The monoisotopic (exact) mass is 704 g/mol. The van der Waals surface area contributed by atoms with Crippen molar-refractivity contribution in [1.82, 2.24) is 25.8 Å². The summed E-state index contributed by atoms with van der Waals surface area (Å²) in [7, 11) is 0. The normalized spacial score (nSPS) is 29.7. The third-order valence-electron chi connectivity index (χ3n) is 11.4. The average Bonchev–Trinajstić information content (AvgIpc) is 3.13. The predicted molar refractivity (Wildman–Crippen MR) is 182 cm³/mol. The number of amides is 5. The molecular weight excluding hydrogens is 648 g/mol. The number of carbonyl (C=O) groups excluding carboxylic acids is 5. The largest absolute Gasteiger partial charge is 0.481 e. The number of hydrogen-bond donors (Lipinski definition) is 6. The van der Waals surface area contributed by atoms with Crippen LogP contribution in [0.4, 0.5) is 4.79 Å². The summed E-state index contributed by atoms with van der Waals surface area (Å²) in [6, 6.07) is -2.33. The standard InChI is InChI=1S/C35H56N6O9/c1-20-6-4-5-7-25(20)38-34(50)37-22-10-8-21(9-11-22)16-28(42)35(2,3)39-23-12-13-26-24(17-23)33(49)41(27(32(36)48)18-31(46)47)19-29(43)40(26)15-14-30(44)45/h20-27,39H,4-19H2,1-3H3,(H2,36,48)(H,44,45)(H,46,47)(H2,37,38,50)/t20?,21?,22?,23?,24?,25?,26?,27-/m0/s1. The Morgan fingerprint density at radius 1 is 0.900 bits per heavy atom. The van der Waals surface area contributed by atoms with E-state index in [0.29, 0.717) is 25.2 Å². The van der Waals surface area contributed by atoms with E-state index in [2.05, 4.69) is 22.9 Å². The number of urea groups is 1. The molecule has 1 aliphatic heterocycles. The van der Waals surface area contributed by atoms with Crippen LogP contribution in [0.25, 0.3) is 0 Å². The van der Waals surface area contributed by atoms with Crippen LogP contribution in [0.2, 0.25) is 0 Å². The van der Waals surface area contributed by atoms with Gasteiger partial charge in [-0.3, -0.25) is 28.8 Å². The molecule has 3 aliphatic carbocycles. The second-order valence-corrected chi connectivity index (χ2v) is 15.5. The Labute approximate surface area is 293 Å². The number of carbonyl (C=O) groups is 7. The van der Waals surface area contributed by atoms with Gasteiger partial charge in [0.15, 0.2) is 5.78 Å². The second kappa shape index (κ2) is 17.0. The van der Waals surface area contributed by atoms with Gasteiger partial charge in [-0.25, -0.2) is 4.79 Å². The number of nitrogens with one attached hydrogen (secondary N) is 3. The fourth-order valence-electron chi connectivity index (χ4n) is 8.48. The summed E-state index contributed by atoms with van der Waals surface area (Å²) < 4.78 is 0. The van der Waals surface area contributed by atoms with Gasteiger partial charge in [0.1, 0.15) is 12.6 Å². The Morgan fingerprint density at radius 3 is 2.18 bits per heavy atom. The van der Waals surface area contributed by atoms with Crippen LogP contribution in [0.15, 0.2) is 0 Å². The fourth-order valence-corrected chi connectivity index (χ4v) is 8.48. The van der Waals surface area contributed by atoms with E-state index in [1.807, 2.05) is 13.8 Å². The highest BCUT2D eigenvalue weighted by molar-refractivity contribution is 5.95. The van der Waals surface area contributed by atoms with Crippen molar-refractivity contribution >= 4 is 41.5 Å². The number of carboxylic acids is 2. The molecule has 1 saturated heterocycles. The van der Waals surface area contributed by atoms with E-state index in [0.717, 1.165) is 49.8 Å². The van der Waals surface area contributed by atoms with E-state index in [1.165, 1.54) is 11.3 Å². The van der Waals surface area contributed by atoms with Crippen LogP contribution in [0.1, 0.15) is 111 Å². The van der Waals surface area contributed by atoms with Gasteiger partial charge in [0.25, 0.3) is 0 Å². The molecule has 1 heterocycles. The Kier molecular flexibility index (Phi) is 13.3. The quantitative estimate of drug-likeness (QED) is 0.154. The van der Waals surface area contributed by atoms with Gasteiger partial charge in [0, 0.05) is 37.1 Å². The van der Waals surface area contributed by atoms with Crippen LogP contribution in [0, 0.1) is 17.8 Å². The number of ketones is 1. The highest BCUT2D eigenvalue weighted by Crippen LogP contribution is 2.35. The summed E-state index contributed by atoms with van der Waals surface area (Å²) in [6.45, 7) is 5.08. The van der Waals surface area contributed by atoms with Gasteiger partial charge < -0.3 is 41.7 Å². The summed E-state index contributed by atoms with van der Waals surface area (Å²) in [5, 5.41) is 28.4. The first kappa shape index (κ1) is 39.0. The molecule has 15 nitrogen and oxygen atoms in total. The molecule has 15 heteroatoms. The molecule has 0 aromatic heterocycles. The SMILES string of the molecule is CC1CCCCC1NC(=O)NC1CCC(CC(=O)C(C)(C)NC2CCC3C(C2)C(=O)N([C@@H](CC(=O)O)C(N)=O)CC(=O)N3CCC(=O)O)CC1. The Balaban J connectivity index is 1.35. The zero-order valence-corrected chi connectivity index (χ0v) is 29.7. The lowest BCUT2D eigenvalue weighted by Crippen LogP contribution is -2.57. The first-order valence-corrected chi connectivity index (χ1v) is 18.3. The summed E-state index contributed by atoms with van der Waals surface area (Å²) in [6.07, 6.45) is 8.05. The van der Waals surface area contributed by atoms with E-state index < -0.39 is 66.2 Å². The van der Waals surface area contributed by atoms with E-state index >= 15 is 0 Å². The van der Waals surface area contributed by atoms with E-state index in [-0.39, 0.29) is 55.2 Å². The Morgan fingerprint density at radius 2 is 1.56 bits per heavy atom. The molecule has 5 amide bonds. The molecular formula is C35H56N6O9. The molecule has 6 atom stereocenters. The molecule has 0 aromatic rings. The molecule has 4 rings (SSSR count). The highest BCUT2D eigenvalue weighted by atomic mass is 16.4. The number of rotatable bonds is 14. The van der Waals surface area contributed by atoms with Gasteiger partial charge in [-0.05, 0) is 83.5 Å². The smallest absolute Gasteiger partial charge is 0.315 e. The molecule has 0 spiro atoms. The lowest BCUT2D eigenvalue weighted by atomic mass is 9.77. The zero-order chi connectivity index (χ0) is 36.7. The van der Waals surface area contributed by atoms with Gasteiger partial charge in [-0.15, -0.1) is 0 Å². The van der Waals surface area contributed by atoms with Crippen LogP contribution in [0.3, 0.4) is 0 Å².